The molecule has 28 heavy (non-hydrogen) atoms. The highest BCUT2D eigenvalue weighted by atomic mass is 35.5. The van der Waals surface area contributed by atoms with Crippen molar-refractivity contribution in [1.82, 2.24) is 14.8 Å². The van der Waals surface area contributed by atoms with Gasteiger partial charge in [-0.3, -0.25) is 9.69 Å². The number of hydrogen-bond donors (Lipinski definition) is 0. The van der Waals surface area contributed by atoms with Crippen LogP contribution in [0.15, 0.2) is 35.8 Å². The van der Waals surface area contributed by atoms with Crippen molar-refractivity contribution >= 4 is 34.0 Å². The number of amides is 1. The van der Waals surface area contributed by atoms with E-state index in [4.69, 9.17) is 16.3 Å². The fourth-order valence-corrected chi connectivity index (χ4v) is 4.68. The summed E-state index contributed by atoms with van der Waals surface area (Å²) in [6, 6.07) is 7.38. The van der Waals surface area contributed by atoms with E-state index in [1.165, 1.54) is 0 Å². The van der Waals surface area contributed by atoms with Crippen molar-refractivity contribution in [1.29, 1.82) is 0 Å². The maximum Gasteiger partial charge on any atom is 0.245 e. The first kappa shape index (κ1) is 19.5. The lowest BCUT2D eigenvalue weighted by Gasteiger charge is -2.37. The van der Waals surface area contributed by atoms with Gasteiger partial charge in [-0.1, -0.05) is 11.6 Å². The van der Waals surface area contributed by atoms with Gasteiger partial charge in [-0.05, 0) is 37.1 Å². The number of anilines is 1. The van der Waals surface area contributed by atoms with Crippen molar-refractivity contribution in [2.45, 2.75) is 18.9 Å². The van der Waals surface area contributed by atoms with Crippen LogP contribution in [0.1, 0.15) is 12.8 Å². The highest BCUT2D eigenvalue weighted by molar-refractivity contribution is 7.13. The number of carbonyl (C=O) groups excluding carboxylic acids is 1. The van der Waals surface area contributed by atoms with Crippen LogP contribution in [0.3, 0.4) is 0 Å². The lowest BCUT2D eigenvalue weighted by atomic mass is 10.1. The highest BCUT2D eigenvalue weighted by Gasteiger charge is 2.35. The lowest BCUT2D eigenvalue weighted by molar-refractivity contribution is -0.134. The quantitative estimate of drug-likeness (QED) is 0.719. The molecule has 1 aromatic carbocycles. The van der Waals surface area contributed by atoms with Crippen molar-refractivity contribution in [2.75, 3.05) is 50.8 Å². The molecule has 1 unspecified atom stereocenters. The van der Waals surface area contributed by atoms with Crippen LogP contribution >= 0.6 is 22.9 Å². The molecule has 2 saturated heterocycles. The van der Waals surface area contributed by atoms with E-state index in [-0.39, 0.29) is 11.9 Å². The van der Waals surface area contributed by atoms with Gasteiger partial charge in [-0.25, -0.2) is 4.98 Å². The SMILES string of the molecule is O=C(C1CCCN1c1nccs1)N1CCN(CCOc2ccc(Cl)cc2)CC1. The van der Waals surface area contributed by atoms with Gasteiger partial charge in [0, 0.05) is 55.9 Å². The van der Waals surface area contributed by atoms with Gasteiger partial charge in [0.2, 0.25) is 5.91 Å². The second kappa shape index (κ2) is 9.11. The molecule has 0 bridgehead atoms. The van der Waals surface area contributed by atoms with Crippen molar-refractivity contribution in [3.05, 3.63) is 40.9 Å². The molecule has 0 aliphatic carbocycles. The molecule has 0 radical (unpaired) electrons. The Bertz CT molecular complexity index is 763. The zero-order chi connectivity index (χ0) is 19.3. The summed E-state index contributed by atoms with van der Waals surface area (Å²) in [5.41, 5.74) is 0. The first-order chi connectivity index (χ1) is 13.7. The Morgan fingerprint density at radius 1 is 1.18 bits per heavy atom. The molecule has 8 heteroatoms. The summed E-state index contributed by atoms with van der Waals surface area (Å²) in [6.45, 7) is 5.75. The van der Waals surface area contributed by atoms with Gasteiger partial charge in [0.25, 0.3) is 0 Å². The van der Waals surface area contributed by atoms with Crippen molar-refractivity contribution in [2.24, 2.45) is 0 Å². The Balaban J connectivity index is 1.22. The maximum absolute atomic E-state index is 13.0. The van der Waals surface area contributed by atoms with E-state index >= 15 is 0 Å². The fourth-order valence-electron chi connectivity index (χ4n) is 3.84. The number of nitrogens with zero attached hydrogens (tertiary/aromatic N) is 4. The van der Waals surface area contributed by atoms with E-state index in [0.29, 0.717) is 11.6 Å². The minimum Gasteiger partial charge on any atom is -0.492 e. The first-order valence-electron chi connectivity index (χ1n) is 9.76. The molecule has 2 aliphatic heterocycles. The zero-order valence-electron chi connectivity index (χ0n) is 15.8. The van der Waals surface area contributed by atoms with Gasteiger partial charge in [-0.2, -0.15) is 0 Å². The second-order valence-electron chi connectivity index (χ2n) is 7.14. The maximum atomic E-state index is 13.0. The predicted molar refractivity (Wildman–Crippen MR) is 112 cm³/mol. The molecule has 1 atom stereocenters. The van der Waals surface area contributed by atoms with E-state index in [9.17, 15) is 4.79 Å². The summed E-state index contributed by atoms with van der Waals surface area (Å²) in [5, 5.41) is 3.65. The molecule has 2 aliphatic rings. The molecule has 150 valence electrons. The van der Waals surface area contributed by atoms with Gasteiger partial charge in [0.15, 0.2) is 5.13 Å². The zero-order valence-corrected chi connectivity index (χ0v) is 17.4. The summed E-state index contributed by atoms with van der Waals surface area (Å²) in [6.07, 6.45) is 3.79. The molecule has 0 spiro atoms. The average Bonchev–Trinajstić information content (AvgIpc) is 3.41. The number of benzene rings is 1. The van der Waals surface area contributed by atoms with Gasteiger partial charge in [-0.15, -0.1) is 11.3 Å². The third kappa shape index (κ3) is 4.59. The molecular formula is C20H25ClN4O2S. The number of carbonyl (C=O) groups is 1. The van der Waals surface area contributed by atoms with E-state index in [0.717, 1.165) is 63.0 Å². The van der Waals surface area contributed by atoms with E-state index in [1.54, 1.807) is 11.3 Å². The topological polar surface area (TPSA) is 48.9 Å². The van der Waals surface area contributed by atoms with Crippen molar-refractivity contribution < 1.29 is 9.53 Å². The van der Waals surface area contributed by atoms with Gasteiger partial charge >= 0.3 is 0 Å². The van der Waals surface area contributed by atoms with Gasteiger partial charge < -0.3 is 14.5 Å². The number of ether oxygens (including phenoxy) is 1. The normalized spacial score (nSPS) is 20.5. The number of halogens is 1. The van der Waals surface area contributed by atoms with E-state index < -0.39 is 0 Å². The molecule has 0 N–H and O–H groups in total. The van der Waals surface area contributed by atoms with Crippen LogP contribution in [0.25, 0.3) is 0 Å². The molecule has 1 aromatic heterocycles. The molecule has 6 nitrogen and oxygen atoms in total. The summed E-state index contributed by atoms with van der Waals surface area (Å²) >= 11 is 7.50. The Hall–Kier alpha value is -1.83. The molecule has 0 saturated carbocycles. The Kier molecular flexibility index (Phi) is 6.34. The first-order valence-corrected chi connectivity index (χ1v) is 11.0. The highest BCUT2D eigenvalue weighted by Crippen LogP contribution is 2.28. The van der Waals surface area contributed by atoms with Crippen LogP contribution in [0.2, 0.25) is 5.02 Å². The Morgan fingerprint density at radius 3 is 2.68 bits per heavy atom. The largest absolute Gasteiger partial charge is 0.492 e. The predicted octanol–water partition coefficient (Wildman–Crippen LogP) is 2.99. The number of aromatic nitrogens is 1. The third-order valence-electron chi connectivity index (χ3n) is 5.38. The molecule has 2 aromatic rings. The van der Waals surface area contributed by atoms with Crippen molar-refractivity contribution in [3.8, 4) is 5.75 Å². The second-order valence-corrected chi connectivity index (χ2v) is 8.44. The molecule has 2 fully saturated rings. The van der Waals surface area contributed by atoms with Crippen LogP contribution in [-0.4, -0.2) is 72.6 Å². The number of hydrogen-bond acceptors (Lipinski definition) is 6. The Morgan fingerprint density at radius 2 is 1.96 bits per heavy atom. The average molecular weight is 421 g/mol. The number of rotatable bonds is 6. The summed E-state index contributed by atoms with van der Waals surface area (Å²) in [4.78, 5) is 24.0. The lowest BCUT2D eigenvalue weighted by Crippen LogP contribution is -2.54. The summed E-state index contributed by atoms with van der Waals surface area (Å²) < 4.78 is 5.78. The van der Waals surface area contributed by atoms with Crippen LogP contribution < -0.4 is 9.64 Å². The number of thiazole rings is 1. The molecular weight excluding hydrogens is 396 g/mol. The van der Waals surface area contributed by atoms with Crippen molar-refractivity contribution in [3.63, 3.8) is 0 Å². The minimum atomic E-state index is -0.0501. The molecule has 1 amide bonds. The van der Waals surface area contributed by atoms with Crippen LogP contribution in [0.4, 0.5) is 5.13 Å². The van der Waals surface area contributed by atoms with Crippen LogP contribution in [0, 0.1) is 0 Å². The third-order valence-corrected chi connectivity index (χ3v) is 6.44. The standard InChI is InChI=1S/C20H25ClN4O2S/c21-16-3-5-17(6-4-16)27-14-13-23-9-11-24(12-10-23)19(26)18-2-1-8-25(18)20-22-7-15-28-20/h3-7,15,18H,1-2,8-14H2. The summed E-state index contributed by atoms with van der Waals surface area (Å²) in [5.74, 6) is 1.09. The van der Waals surface area contributed by atoms with E-state index in [2.05, 4.69) is 14.8 Å². The summed E-state index contributed by atoms with van der Waals surface area (Å²) in [7, 11) is 0. The Labute approximate surface area is 174 Å². The monoisotopic (exact) mass is 420 g/mol. The fraction of sp³-hybridized carbons (Fsp3) is 0.500. The van der Waals surface area contributed by atoms with Crippen LogP contribution in [0.5, 0.6) is 5.75 Å². The van der Waals surface area contributed by atoms with Gasteiger partial charge in [0.05, 0.1) is 0 Å². The number of piperazine rings is 1. The molecule has 4 rings (SSSR count). The van der Waals surface area contributed by atoms with Gasteiger partial charge in [0.1, 0.15) is 18.4 Å². The smallest absolute Gasteiger partial charge is 0.245 e. The van der Waals surface area contributed by atoms with Crippen LogP contribution in [-0.2, 0) is 4.79 Å². The molecule has 3 heterocycles. The van der Waals surface area contributed by atoms with E-state index in [1.807, 2.05) is 40.7 Å². The minimum absolute atomic E-state index is 0.0501.